The number of carbonyl (C=O) groups is 1. The number of hydrogen-bond acceptors (Lipinski definition) is 6. The molecule has 0 atom stereocenters. The normalized spacial score (nSPS) is 14.7. The van der Waals surface area contributed by atoms with E-state index in [0.717, 1.165) is 48.8 Å². The van der Waals surface area contributed by atoms with E-state index in [1.807, 2.05) is 30.6 Å². The molecule has 4 aromatic rings. The van der Waals surface area contributed by atoms with Gasteiger partial charge in [-0.3, -0.25) is 0 Å². The third-order valence-electron chi connectivity index (χ3n) is 5.28. The first-order chi connectivity index (χ1) is 15.8. The van der Waals surface area contributed by atoms with Crippen molar-refractivity contribution < 1.29 is 23.1 Å². The molecule has 9 nitrogen and oxygen atoms in total. The van der Waals surface area contributed by atoms with Crippen LogP contribution in [0.15, 0.2) is 55.1 Å². The summed E-state index contributed by atoms with van der Waals surface area (Å²) >= 11 is 0. The van der Waals surface area contributed by atoms with Gasteiger partial charge in [0.2, 0.25) is 0 Å². The highest BCUT2D eigenvalue weighted by molar-refractivity contribution is 5.73. The number of nitrogens with zero attached hydrogens (tertiary/aromatic N) is 6. The van der Waals surface area contributed by atoms with Gasteiger partial charge in [-0.15, -0.1) is 0 Å². The maximum atomic E-state index is 10.6. The second-order valence-electron chi connectivity index (χ2n) is 7.38. The zero-order chi connectivity index (χ0) is 23.4. The van der Waals surface area contributed by atoms with Crippen molar-refractivity contribution in [3.63, 3.8) is 0 Å². The molecule has 5 rings (SSSR count). The number of fused-ring (bicyclic) bond motifs is 1. The molecule has 1 aromatic carbocycles. The fourth-order valence-corrected chi connectivity index (χ4v) is 3.66. The fraction of sp³-hybridized carbons (Fsp3) is 0.286. The number of nitrogens with one attached hydrogen (secondary N) is 1. The summed E-state index contributed by atoms with van der Waals surface area (Å²) in [6.07, 6.45) is 2.33. The highest BCUT2D eigenvalue weighted by Crippen LogP contribution is 2.30. The van der Waals surface area contributed by atoms with E-state index >= 15 is 0 Å². The van der Waals surface area contributed by atoms with Gasteiger partial charge in [-0.2, -0.15) is 32.8 Å². The number of rotatable bonds is 3. The van der Waals surface area contributed by atoms with Crippen molar-refractivity contribution in [3.8, 4) is 11.3 Å². The molecule has 172 valence electrons. The van der Waals surface area contributed by atoms with Crippen LogP contribution in [0.4, 0.5) is 19.0 Å². The molecule has 0 amide bonds. The molecule has 1 aliphatic heterocycles. The Balaban J connectivity index is 0.000000325. The number of aromatic amines is 1. The number of carboxylic acid groups (broad SMARTS) is 1. The molecule has 0 saturated carbocycles. The van der Waals surface area contributed by atoms with Crippen LogP contribution in [0, 0.1) is 0 Å². The van der Waals surface area contributed by atoms with E-state index in [2.05, 4.69) is 43.1 Å². The maximum absolute atomic E-state index is 10.6. The molecule has 0 radical (unpaired) electrons. The number of carboxylic acids is 1. The van der Waals surface area contributed by atoms with Crippen LogP contribution in [0.25, 0.3) is 17.0 Å². The van der Waals surface area contributed by atoms with Crippen LogP contribution in [-0.2, 0) is 4.79 Å². The second-order valence-corrected chi connectivity index (χ2v) is 7.38. The standard InChI is InChI=1S/C19H19N7.C2HF3O2/c1-2-4-14(5-3-1)16-12-17(24-19-22-13-23-26(16)19)25-10-6-15(7-11-25)18-20-8-9-21-18;3-2(4,5)1(6)7/h1-5,8-9,12-13,15H,6-7,10-11H2,(H,20,21);(H,6,7). The Morgan fingerprint density at radius 2 is 1.82 bits per heavy atom. The van der Waals surface area contributed by atoms with Gasteiger partial charge in [-0.25, -0.2) is 9.78 Å². The van der Waals surface area contributed by atoms with E-state index in [4.69, 9.17) is 14.9 Å². The van der Waals surface area contributed by atoms with Gasteiger partial charge in [0.25, 0.3) is 5.78 Å². The Morgan fingerprint density at radius 3 is 2.42 bits per heavy atom. The molecule has 0 unspecified atom stereocenters. The van der Waals surface area contributed by atoms with E-state index in [-0.39, 0.29) is 0 Å². The summed E-state index contributed by atoms with van der Waals surface area (Å²) in [5.74, 6) is 0.423. The van der Waals surface area contributed by atoms with Crippen molar-refractivity contribution in [2.24, 2.45) is 0 Å². The molecule has 0 spiro atoms. The average molecular weight is 459 g/mol. The van der Waals surface area contributed by atoms with Crippen LogP contribution in [0.3, 0.4) is 0 Å². The molecule has 1 saturated heterocycles. The van der Waals surface area contributed by atoms with Crippen LogP contribution in [0.1, 0.15) is 24.6 Å². The molecule has 2 N–H and O–H groups in total. The van der Waals surface area contributed by atoms with Gasteiger partial charge in [0, 0.05) is 43.0 Å². The van der Waals surface area contributed by atoms with Crippen molar-refractivity contribution in [2.75, 3.05) is 18.0 Å². The zero-order valence-corrected chi connectivity index (χ0v) is 17.3. The fourth-order valence-electron chi connectivity index (χ4n) is 3.66. The van der Waals surface area contributed by atoms with Crippen LogP contribution in [-0.4, -0.2) is 59.9 Å². The minimum Gasteiger partial charge on any atom is -0.475 e. The molecule has 4 heterocycles. The van der Waals surface area contributed by atoms with Crippen LogP contribution in [0.2, 0.25) is 0 Å². The first kappa shape index (κ1) is 22.2. The number of halogens is 3. The molecule has 12 heteroatoms. The highest BCUT2D eigenvalue weighted by Gasteiger charge is 2.38. The first-order valence-corrected chi connectivity index (χ1v) is 10.1. The number of H-pyrrole nitrogens is 1. The van der Waals surface area contributed by atoms with Crippen molar-refractivity contribution in [3.05, 3.63) is 60.9 Å². The topological polar surface area (TPSA) is 112 Å². The van der Waals surface area contributed by atoms with E-state index in [0.29, 0.717) is 11.7 Å². The lowest BCUT2D eigenvalue weighted by atomic mass is 9.96. The number of aromatic nitrogens is 6. The first-order valence-electron chi connectivity index (χ1n) is 10.1. The minimum atomic E-state index is -5.08. The summed E-state index contributed by atoms with van der Waals surface area (Å²) in [6.45, 7) is 1.91. The summed E-state index contributed by atoms with van der Waals surface area (Å²) in [5, 5.41) is 11.5. The smallest absolute Gasteiger partial charge is 0.475 e. The van der Waals surface area contributed by atoms with E-state index in [9.17, 15) is 13.2 Å². The van der Waals surface area contributed by atoms with Crippen molar-refractivity contribution in [1.29, 1.82) is 0 Å². The van der Waals surface area contributed by atoms with Crippen molar-refractivity contribution in [2.45, 2.75) is 24.9 Å². The van der Waals surface area contributed by atoms with Gasteiger partial charge in [0.05, 0.1) is 5.69 Å². The summed E-state index contributed by atoms with van der Waals surface area (Å²) in [5.41, 5.74) is 2.12. The number of hydrogen-bond donors (Lipinski definition) is 2. The van der Waals surface area contributed by atoms with Gasteiger partial charge in [-0.05, 0) is 12.8 Å². The Labute approximate surface area is 185 Å². The molecule has 3 aromatic heterocycles. The third kappa shape index (κ3) is 5.10. The third-order valence-corrected chi connectivity index (χ3v) is 5.28. The second kappa shape index (κ2) is 9.27. The Bertz CT molecular complexity index is 1200. The largest absolute Gasteiger partial charge is 0.490 e. The Morgan fingerprint density at radius 1 is 1.12 bits per heavy atom. The molecule has 1 fully saturated rings. The van der Waals surface area contributed by atoms with Crippen LogP contribution >= 0.6 is 0 Å². The zero-order valence-electron chi connectivity index (χ0n) is 17.3. The molecular weight excluding hydrogens is 439 g/mol. The number of alkyl halides is 3. The molecular formula is C21H20F3N7O2. The quantitative estimate of drug-likeness (QED) is 0.482. The van der Waals surface area contributed by atoms with Gasteiger partial charge >= 0.3 is 12.1 Å². The van der Waals surface area contributed by atoms with Crippen molar-refractivity contribution in [1.82, 2.24) is 29.5 Å². The Hall–Kier alpha value is -3.96. The maximum Gasteiger partial charge on any atom is 0.490 e. The Kier molecular flexibility index (Phi) is 6.24. The van der Waals surface area contributed by atoms with E-state index < -0.39 is 12.1 Å². The number of benzene rings is 1. The predicted octanol–water partition coefficient (Wildman–Crippen LogP) is 3.53. The average Bonchev–Trinajstić information content (AvgIpc) is 3.51. The minimum absolute atomic E-state index is 0.492. The van der Waals surface area contributed by atoms with Gasteiger partial charge in [0.15, 0.2) is 0 Å². The molecule has 0 aliphatic carbocycles. The van der Waals surface area contributed by atoms with E-state index in [1.54, 1.807) is 10.8 Å². The van der Waals surface area contributed by atoms with Gasteiger partial charge in [-0.1, -0.05) is 30.3 Å². The molecule has 1 aliphatic rings. The van der Waals surface area contributed by atoms with E-state index in [1.165, 1.54) is 0 Å². The SMILES string of the molecule is O=C(O)C(F)(F)F.c1ccc(-c2cc(N3CCC(c4ncc[nH]4)CC3)nc3ncnn23)cc1. The summed E-state index contributed by atoms with van der Waals surface area (Å²) in [6, 6.07) is 12.4. The number of aliphatic carboxylic acids is 1. The monoisotopic (exact) mass is 459 g/mol. The molecule has 33 heavy (non-hydrogen) atoms. The van der Waals surface area contributed by atoms with Gasteiger partial charge in [0.1, 0.15) is 18.0 Å². The van der Waals surface area contributed by atoms with Crippen LogP contribution in [0.5, 0.6) is 0 Å². The lowest BCUT2D eigenvalue weighted by Gasteiger charge is -2.32. The summed E-state index contributed by atoms with van der Waals surface area (Å²) in [4.78, 5) is 27.9. The summed E-state index contributed by atoms with van der Waals surface area (Å²) < 4.78 is 33.5. The summed E-state index contributed by atoms with van der Waals surface area (Å²) in [7, 11) is 0. The highest BCUT2D eigenvalue weighted by atomic mass is 19.4. The van der Waals surface area contributed by atoms with Gasteiger partial charge < -0.3 is 15.0 Å². The lowest BCUT2D eigenvalue weighted by molar-refractivity contribution is -0.192. The number of piperidine rings is 1. The number of imidazole rings is 1. The van der Waals surface area contributed by atoms with Crippen molar-refractivity contribution >= 4 is 17.6 Å². The van der Waals surface area contributed by atoms with Crippen LogP contribution < -0.4 is 4.90 Å². The lowest BCUT2D eigenvalue weighted by Crippen LogP contribution is -2.34. The molecule has 0 bridgehead atoms. The predicted molar refractivity (Wildman–Crippen MR) is 113 cm³/mol. The number of anilines is 1.